The molecule has 2 atom stereocenters. The summed E-state index contributed by atoms with van der Waals surface area (Å²) in [7, 11) is 0. The van der Waals surface area contributed by atoms with Crippen molar-refractivity contribution in [3.8, 4) is 5.75 Å². The van der Waals surface area contributed by atoms with Gasteiger partial charge in [-0.15, -0.1) is 0 Å². The van der Waals surface area contributed by atoms with E-state index in [1.54, 1.807) is 0 Å². The van der Waals surface area contributed by atoms with Crippen LogP contribution < -0.4 is 10.1 Å². The van der Waals surface area contributed by atoms with Crippen molar-refractivity contribution in [3.63, 3.8) is 0 Å². The summed E-state index contributed by atoms with van der Waals surface area (Å²) >= 11 is 0. The second-order valence-corrected chi connectivity index (χ2v) is 7.82. The summed E-state index contributed by atoms with van der Waals surface area (Å²) in [5, 5.41) is 14.1. The molecule has 3 heteroatoms. The van der Waals surface area contributed by atoms with Gasteiger partial charge in [0.2, 0.25) is 0 Å². The standard InChI is InChI=1S/C24H33NO2/c1-19(25-17-16-20-8-4-2-5-9-20)24(26)22-12-14-23(15-13-22)27-18-21-10-6-3-7-11-21/h3,6-7,10-15,19-20,24-26H,2,4-5,8-9,16-18H2,1H3. The van der Waals surface area contributed by atoms with Gasteiger partial charge in [0.1, 0.15) is 12.4 Å². The monoisotopic (exact) mass is 367 g/mol. The van der Waals surface area contributed by atoms with E-state index in [1.807, 2.05) is 42.5 Å². The molecular weight excluding hydrogens is 334 g/mol. The fourth-order valence-electron chi connectivity index (χ4n) is 3.89. The van der Waals surface area contributed by atoms with Crippen molar-refractivity contribution >= 4 is 0 Å². The number of ether oxygens (including phenoxy) is 1. The Morgan fingerprint density at radius 2 is 1.70 bits per heavy atom. The van der Waals surface area contributed by atoms with Crippen molar-refractivity contribution in [1.82, 2.24) is 5.32 Å². The lowest BCUT2D eigenvalue weighted by molar-refractivity contribution is 0.134. The van der Waals surface area contributed by atoms with E-state index in [-0.39, 0.29) is 6.04 Å². The molecule has 0 spiro atoms. The summed E-state index contributed by atoms with van der Waals surface area (Å²) in [5.74, 6) is 1.70. The van der Waals surface area contributed by atoms with E-state index in [4.69, 9.17) is 4.74 Å². The highest BCUT2D eigenvalue weighted by molar-refractivity contribution is 5.29. The van der Waals surface area contributed by atoms with Gasteiger partial charge in [-0.2, -0.15) is 0 Å². The molecule has 2 unspecified atom stereocenters. The largest absolute Gasteiger partial charge is 0.489 e. The van der Waals surface area contributed by atoms with E-state index in [9.17, 15) is 5.11 Å². The van der Waals surface area contributed by atoms with Crippen molar-refractivity contribution in [3.05, 3.63) is 65.7 Å². The van der Waals surface area contributed by atoms with Gasteiger partial charge in [0.15, 0.2) is 0 Å². The van der Waals surface area contributed by atoms with Crippen LogP contribution in [0.25, 0.3) is 0 Å². The van der Waals surface area contributed by atoms with Crippen LogP contribution in [0.3, 0.4) is 0 Å². The molecule has 1 aliphatic carbocycles. The molecule has 3 nitrogen and oxygen atoms in total. The zero-order chi connectivity index (χ0) is 18.9. The molecule has 146 valence electrons. The molecule has 2 N–H and O–H groups in total. The molecule has 2 aromatic carbocycles. The molecule has 27 heavy (non-hydrogen) atoms. The first-order chi connectivity index (χ1) is 13.2. The van der Waals surface area contributed by atoms with Gasteiger partial charge in [0.25, 0.3) is 0 Å². The maximum Gasteiger partial charge on any atom is 0.119 e. The summed E-state index contributed by atoms with van der Waals surface area (Å²) in [6, 6.07) is 18.0. The normalized spacial score (nSPS) is 17.4. The fourth-order valence-corrected chi connectivity index (χ4v) is 3.89. The predicted octanol–water partition coefficient (Wildman–Crippen LogP) is 5.25. The highest BCUT2D eigenvalue weighted by Crippen LogP contribution is 2.26. The van der Waals surface area contributed by atoms with Crippen LogP contribution in [0.4, 0.5) is 0 Å². The Kier molecular flexibility index (Phi) is 7.73. The van der Waals surface area contributed by atoms with Gasteiger partial charge in [-0.3, -0.25) is 0 Å². The molecule has 0 heterocycles. The maximum atomic E-state index is 10.6. The summed E-state index contributed by atoms with van der Waals surface area (Å²) < 4.78 is 5.82. The van der Waals surface area contributed by atoms with Gasteiger partial charge in [-0.1, -0.05) is 74.6 Å². The third-order valence-corrected chi connectivity index (χ3v) is 5.69. The minimum absolute atomic E-state index is 0.0460. The average molecular weight is 368 g/mol. The Morgan fingerprint density at radius 3 is 2.41 bits per heavy atom. The van der Waals surface area contributed by atoms with Crippen LogP contribution in [-0.4, -0.2) is 17.7 Å². The van der Waals surface area contributed by atoms with Gasteiger partial charge in [0.05, 0.1) is 6.10 Å². The van der Waals surface area contributed by atoms with E-state index in [0.29, 0.717) is 6.61 Å². The topological polar surface area (TPSA) is 41.5 Å². The maximum absolute atomic E-state index is 10.6. The van der Waals surface area contributed by atoms with Crippen LogP contribution in [-0.2, 0) is 6.61 Å². The first kappa shape index (κ1) is 19.9. The average Bonchev–Trinajstić information content (AvgIpc) is 2.73. The Morgan fingerprint density at radius 1 is 1.00 bits per heavy atom. The minimum atomic E-state index is -0.500. The first-order valence-electron chi connectivity index (χ1n) is 10.4. The van der Waals surface area contributed by atoms with Crippen molar-refractivity contribution in [2.45, 2.75) is 64.2 Å². The molecule has 0 saturated heterocycles. The van der Waals surface area contributed by atoms with Gasteiger partial charge in [-0.05, 0) is 49.1 Å². The highest BCUT2D eigenvalue weighted by atomic mass is 16.5. The van der Waals surface area contributed by atoms with E-state index in [1.165, 1.54) is 38.5 Å². The summed E-state index contributed by atoms with van der Waals surface area (Å²) in [5.41, 5.74) is 2.08. The molecule has 1 fully saturated rings. The number of hydrogen-bond acceptors (Lipinski definition) is 3. The fraction of sp³-hybridized carbons (Fsp3) is 0.500. The van der Waals surface area contributed by atoms with Gasteiger partial charge < -0.3 is 15.2 Å². The zero-order valence-electron chi connectivity index (χ0n) is 16.4. The molecular formula is C24H33NO2. The minimum Gasteiger partial charge on any atom is -0.489 e. The van der Waals surface area contributed by atoms with Crippen LogP contribution in [0.1, 0.15) is 62.7 Å². The molecule has 0 aromatic heterocycles. The quantitative estimate of drug-likeness (QED) is 0.636. The molecule has 0 bridgehead atoms. The number of nitrogens with one attached hydrogen (secondary N) is 1. The number of hydrogen-bond donors (Lipinski definition) is 2. The van der Waals surface area contributed by atoms with Crippen LogP contribution in [0.5, 0.6) is 5.75 Å². The molecule has 0 radical (unpaired) electrons. The predicted molar refractivity (Wildman–Crippen MR) is 111 cm³/mol. The van der Waals surface area contributed by atoms with Crippen molar-refractivity contribution in [2.75, 3.05) is 6.54 Å². The van der Waals surface area contributed by atoms with Gasteiger partial charge >= 0.3 is 0 Å². The molecule has 1 aliphatic rings. The van der Waals surface area contributed by atoms with Crippen LogP contribution in [0.15, 0.2) is 54.6 Å². The first-order valence-corrected chi connectivity index (χ1v) is 10.4. The molecule has 0 amide bonds. The zero-order valence-corrected chi connectivity index (χ0v) is 16.4. The van der Waals surface area contributed by atoms with Crippen molar-refractivity contribution in [2.24, 2.45) is 5.92 Å². The van der Waals surface area contributed by atoms with Crippen LogP contribution in [0.2, 0.25) is 0 Å². The number of rotatable bonds is 9. The van der Waals surface area contributed by atoms with E-state index >= 15 is 0 Å². The second-order valence-electron chi connectivity index (χ2n) is 7.82. The van der Waals surface area contributed by atoms with Gasteiger partial charge in [-0.25, -0.2) is 0 Å². The SMILES string of the molecule is CC(NCCC1CCCCC1)C(O)c1ccc(OCc2ccccc2)cc1. The van der Waals surface area contributed by atoms with E-state index in [0.717, 1.165) is 29.3 Å². The smallest absolute Gasteiger partial charge is 0.119 e. The number of aliphatic hydroxyl groups is 1. The Balaban J connectivity index is 1.42. The van der Waals surface area contributed by atoms with E-state index in [2.05, 4.69) is 24.4 Å². The Labute approximate surface area is 163 Å². The lowest BCUT2D eigenvalue weighted by atomic mass is 9.87. The third-order valence-electron chi connectivity index (χ3n) is 5.69. The summed E-state index contributed by atoms with van der Waals surface area (Å²) in [4.78, 5) is 0. The van der Waals surface area contributed by atoms with Crippen molar-refractivity contribution < 1.29 is 9.84 Å². The Hall–Kier alpha value is -1.84. The lowest BCUT2D eigenvalue weighted by Crippen LogP contribution is -2.33. The second kappa shape index (κ2) is 10.5. The molecule has 0 aliphatic heterocycles. The lowest BCUT2D eigenvalue weighted by Gasteiger charge is -2.24. The van der Waals surface area contributed by atoms with Gasteiger partial charge in [0, 0.05) is 6.04 Å². The van der Waals surface area contributed by atoms with Crippen LogP contribution in [0, 0.1) is 5.92 Å². The van der Waals surface area contributed by atoms with Crippen LogP contribution >= 0.6 is 0 Å². The highest BCUT2D eigenvalue weighted by Gasteiger charge is 2.17. The molecule has 3 rings (SSSR count). The van der Waals surface area contributed by atoms with E-state index < -0.39 is 6.10 Å². The summed E-state index contributed by atoms with van der Waals surface area (Å²) in [6.45, 7) is 3.61. The third kappa shape index (κ3) is 6.37. The Bertz CT molecular complexity index is 650. The van der Waals surface area contributed by atoms with Crippen molar-refractivity contribution in [1.29, 1.82) is 0 Å². The number of aliphatic hydroxyl groups excluding tert-OH is 1. The molecule has 1 saturated carbocycles. The summed E-state index contributed by atoms with van der Waals surface area (Å²) in [6.07, 6.45) is 7.67. The number of benzene rings is 2. The molecule has 2 aromatic rings.